The lowest BCUT2D eigenvalue weighted by Crippen LogP contribution is -2.42. The monoisotopic (exact) mass is 394 g/mol. The Labute approximate surface area is 160 Å². The summed E-state index contributed by atoms with van der Waals surface area (Å²) in [5.74, 6) is 0.361. The minimum atomic E-state index is -0.559. The Morgan fingerprint density at radius 3 is 2.81 bits per heavy atom. The maximum absolute atomic E-state index is 12.5. The highest BCUT2D eigenvalue weighted by Crippen LogP contribution is 2.29. The SMILES string of the molecule is COc1ncnc2sc(NC(=O)N3CCC(NC(=O)OC(C)(C)C)C3)nc12. The van der Waals surface area contributed by atoms with E-state index in [-0.39, 0.29) is 12.1 Å². The number of fused-ring (bicyclic) bond motifs is 1. The third-order valence-corrected chi connectivity index (χ3v) is 4.64. The predicted octanol–water partition coefficient (Wildman–Crippen LogP) is 2.23. The Morgan fingerprint density at radius 2 is 2.11 bits per heavy atom. The van der Waals surface area contributed by atoms with Crippen LogP contribution in [0.3, 0.4) is 0 Å². The molecule has 2 aromatic rings. The van der Waals surface area contributed by atoms with Crippen molar-refractivity contribution < 1.29 is 19.1 Å². The number of hydrogen-bond donors (Lipinski definition) is 2. The van der Waals surface area contributed by atoms with Crippen molar-refractivity contribution in [3.8, 4) is 5.88 Å². The van der Waals surface area contributed by atoms with Gasteiger partial charge in [-0.05, 0) is 27.2 Å². The molecule has 3 rings (SSSR count). The molecule has 1 fully saturated rings. The number of methoxy groups -OCH3 is 1. The Balaban J connectivity index is 1.57. The number of likely N-dealkylation sites (tertiary alicyclic amines) is 1. The minimum absolute atomic E-state index is 0.146. The van der Waals surface area contributed by atoms with E-state index in [1.54, 1.807) is 25.7 Å². The number of rotatable bonds is 3. The second-order valence-corrected chi connectivity index (χ2v) is 8.04. The topological polar surface area (TPSA) is 119 Å². The van der Waals surface area contributed by atoms with Gasteiger partial charge in [-0.1, -0.05) is 11.3 Å². The predicted molar refractivity (Wildman–Crippen MR) is 100 cm³/mol. The number of ether oxygens (including phenoxy) is 2. The van der Waals surface area contributed by atoms with Crippen LogP contribution in [0.5, 0.6) is 5.88 Å². The standard InChI is InChI=1S/C16H22N6O4S/c1-16(2,3)26-15(24)19-9-5-6-22(7-9)14(23)21-13-20-10-11(25-4)17-8-18-12(10)27-13/h8-9H,5-7H2,1-4H3,(H,19,24)(H,20,21,23). The number of urea groups is 1. The molecule has 0 bridgehead atoms. The largest absolute Gasteiger partial charge is 0.479 e. The number of carbonyl (C=O) groups excluding carboxylic acids is 2. The summed E-state index contributed by atoms with van der Waals surface area (Å²) in [4.78, 5) is 39.0. The van der Waals surface area contributed by atoms with Gasteiger partial charge in [0, 0.05) is 13.1 Å². The molecule has 1 saturated heterocycles. The number of amides is 3. The lowest BCUT2D eigenvalue weighted by atomic mass is 10.2. The van der Waals surface area contributed by atoms with Gasteiger partial charge in [0.2, 0.25) is 5.88 Å². The quantitative estimate of drug-likeness (QED) is 0.819. The van der Waals surface area contributed by atoms with E-state index in [1.807, 2.05) is 0 Å². The number of anilines is 1. The fourth-order valence-corrected chi connectivity index (χ4v) is 3.43. The molecule has 3 amide bonds. The summed E-state index contributed by atoms with van der Waals surface area (Å²) in [6.45, 7) is 6.34. The van der Waals surface area contributed by atoms with Gasteiger partial charge < -0.3 is 19.7 Å². The van der Waals surface area contributed by atoms with Crippen LogP contribution in [-0.4, -0.2) is 63.8 Å². The van der Waals surface area contributed by atoms with Gasteiger partial charge in [0.1, 0.15) is 11.9 Å². The highest BCUT2D eigenvalue weighted by Gasteiger charge is 2.29. The first-order valence-corrected chi connectivity index (χ1v) is 9.28. The minimum Gasteiger partial charge on any atom is -0.479 e. The first kappa shape index (κ1) is 19.1. The summed E-state index contributed by atoms with van der Waals surface area (Å²) in [5.41, 5.74) is -0.0533. The molecular weight excluding hydrogens is 372 g/mol. The summed E-state index contributed by atoms with van der Waals surface area (Å²) in [7, 11) is 1.50. The number of nitrogens with one attached hydrogen (secondary N) is 2. The Kier molecular flexibility index (Phi) is 5.31. The summed E-state index contributed by atoms with van der Waals surface area (Å²) in [5, 5.41) is 5.97. The molecule has 1 aliphatic heterocycles. The molecule has 11 heteroatoms. The number of aromatic nitrogens is 3. The fourth-order valence-electron chi connectivity index (χ4n) is 2.64. The molecule has 0 aromatic carbocycles. The van der Waals surface area contributed by atoms with Crippen LogP contribution in [-0.2, 0) is 4.74 Å². The summed E-state index contributed by atoms with van der Waals surface area (Å²) < 4.78 is 10.4. The highest BCUT2D eigenvalue weighted by atomic mass is 32.1. The van der Waals surface area contributed by atoms with Crippen molar-refractivity contribution >= 4 is 38.9 Å². The van der Waals surface area contributed by atoms with Crippen molar-refractivity contribution in [2.24, 2.45) is 0 Å². The van der Waals surface area contributed by atoms with E-state index in [1.165, 1.54) is 24.8 Å². The van der Waals surface area contributed by atoms with Crippen molar-refractivity contribution in [3.63, 3.8) is 0 Å². The van der Waals surface area contributed by atoms with E-state index in [9.17, 15) is 9.59 Å². The molecule has 3 heterocycles. The molecule has 27 heavy (non-hydrogen) atoms. The molecule has 1 aliphatic rings. The number of carbonyl (C=O) groups is 2. The van der Waals surface area contributed by atoms with Crippen molar-refractivity contribution in [2.75, 3.05) is 25.5 Å². The molecule has 1 atom stereocenters. The van der Waals surface area contributed by atoms with Crippen LogP contribution in [0, 0.1) is 0 Å². The van der Waals surface area contributed by atoms with Crippen molar-refractivity contribution in [3.05, 3.63) is 6.33 Å². The molecule has 0 aliphatic carbocycles. The van der Waals surface area contributed by atoms with Gasteiger partial charge in [-0.15, -0.1) is 0 Å². The van der Waals surface area contributed by atoms with Crippen LogP contribution in [0.1, 0.15) is 27.2 Å². The van der Waals surface area contributed by atoms with Crippen LogP contribution in [0.25, 0.3) is 10.3 Å². The third kappa shape index (κ3) is 4.73. The van der Waals surface area contributed by atoms with Gasteiger partial charge in [-0.25, -0.2) is 19.6 Å². The first-order valence-electron chi connectivity index (χ1n) is 8.46. The van der Waals surface area contributed by atoms with Gasteiger partial charge in [0.15, 0.2) is 15.5 Å². The van der Waals surface area contributed by atoms with Gasteiger partial charge in [-0.2, -0.15) is 4.98 Å². The molecule has 146 valence electrons. The maximum atomic E-state index is 12.5. The molecule has 2 aromatic heterocycles. The van der Waals surface area contributed by atoms with E-state index in [0.29, 0.717) is 40.9 Å². The fraction of sp³-hybridized carbons (Fsp3) is 0.562. The number of nitrogens with zero attached hydrogens (tertiary/aromatic N) is 4. The van der Waals surface area contributed by atoms with Crippen LogP contribution in [0.4, 0.5) is 14.7 Å². The normalized spacial score (nSPS) is 17.0. The zero-order chi connectivity index (χ0) is 19.6. The zero-order valence-electron chi connectivity index (χ0n) is 15.6. The van der Waals surface area contributed by atoms with Crippen LogP contribution < -0.4 is 15.4 Å². The maximum Gasteiger partial charge on any atom is 0.407 e. The number of thiazole rings is 1. The first-order chi connectivity index (χ1) is 12.7. The summed E-state index contributed by atoms with van der Waals surface area (Å²) in [6, 6.07) is -0.429. The number of hydrogen-bond acceptors (Lipinski definition) is 8. The van der Waals surface area contributed by atoms with E-state index < -0.39 is 11.7 Å². The van der Waals surface area contributed by atoms with Gasteiger partial charge in [0.25, 0.3) is 0 Å². The van der Waals surface area contributed by atoms with Crippen LogP contribution in [0.2, 0.25) is 0 Å². The van der Waals surface area contributed by atoms with Crippen LogP contribution >= 0.6 is 11.3 Å². The van der Waals surface area contributed by atoms with Crippen molar-refractivity contribution in [1.82, 2.24) is 25.2 Å². The van der Waals surface area contributed by atoms with E-state index in [4.69, 9.17) is 9.47 Å². The van der Waals surface area contributed by atoms with Crippen molar-refractivity contribution in [1.29, 1.82) is 0 Å². The molecule has 10 nitrogen and oxygen atoms in total. The average Bonchev–Trinajstić information content (AvgIpc) is 3.18. The van der Waals surface area contributed by atoms with Crippen LogP contribution in [0.15, 0.2) is 6.33 Å². The molecular formula is C16H22N6O4S. The van der Waals surface area contributed by atoms with E-state index in [2.05, 4.69) is 25.6 Å². The Hall–Kier alpha value is -2.69. The van der Waals surface area contributed by atoms with E-state index in [0.717, 1.165) is 0 Å². The molecule has 1 unspecified atom stereocenters. The lowest BCUT2D eigenvalue weighted by Gasteiger charge is -2.22. The molecule has 0 spiro atoms. The van der Waals surface area contributed by atoms with Gasteiger partial charge in [-0.3, -0.25) is 5.32 Å². The molecule has 0 saturated carbocycles. The van der Waals surface area contributed by atoms with Gasteiger partial charge in [0.05, 0.1) is 13.2 Å². The van der Waals surface area contributed by atoms with Gasteiger partial charge >= 0.3 is 12.1 Å². The zero-order valence-corrected chi connectivity index (χ0v) is 16.4. The highest BCUT2D eigenvalue weighted by molar-refractivity contribution is 7.22. The second kappa shape index (κ2) is 7.51. The summed E-state index contributed by atoms with van der Waals surface area (Å²) in [6.07, 6.45) is 1.57. The summed E-state index contributed by atoms with van der Waals surface area (Å²) >= 11 is 1.24. The average molecular weight is 394 g/mol. The Bertz CT molecular complexity index is 849. The third-order valence-electron chi connectivity index (χ3n) is 3.77. The van der Waals surface area contributed by atoms with Crippen molar-refractivity contribution in [2.45, 2.75) is 38.8 Å². The lowest BCUT2D eigenvalue weighted by molar-refractivity contribution is 0.0506. The molecule has 0 radical (unpaired) electrons. The Morgan fingerprint density at radius 1 is 1.33 bits per heavy atom. The smallest absolute Gasteiger partial charge is 0.407 e. The molecule has 2 N–H and O–H groups in total. The van der Waals surface area contributed by atoms with E-state index >= 15 is 0 Å². The number of alkyl carbamates (subject to hydrolysis) is 1. The second-order valence-electron chi connectivity index (χ2n) is 7.06.